The summed E-state index contributed by atoms with van der Waals surface area (Å²) >= 11 is 0. The van der Waals surface area contributed by atoms with Crippen molar-refractivity contribution in [3.63, 3.8) is 0 Å². The van der Waals surface area contributed by atoms with Crippen LogP contribution in [-0.4, -0.2) is 20.6 Å². The summed E-state index contributed by atoms with van der Waals surface area (Å²) in [6, 6.07) is 13.6. The number of benzene rings is 1. The summed E-state index contributed by atoms with van der Waals surface area (Å²) in [6.45, 7) is 0.737. The van der Waals surface area contributed by atoms with Gasteiger partial charge >= 0.3 is 5.97 Å². The minimum atomic E-state index is -0.933. The van der Waals surface area contributed by atoms with E-state index in [-0.39, 0.29) is 5.69 Å². The Balaban J connectivity index is 1.99. The predicted molar refractivity (Wildman–Crippen MR) is 68.8 cm³/mol. The summed E-state index contributed by atoms with van der Waals surface area (Å²) in [5.74, 6) is -0.933. The molecule has 0 fully saturated rings. The molecule has 0 aliphatic carbocycles. The number of rotatable bonds is 3. The summed E-state index contributed by atoms with van der Waals surface area (Å²) in [7, 11) is 0. The number of aromatic nitrogens is 2. The second kappa shape index (κ2) is 4.07. The first-order valence-corrected chi connectivity index (χ1v) is 5.69. The highest BCUT2D eigenvalue weighted by Gasteiger charge is 2.10. The molecule has 2 N–H and O–H groups in total. The molecule has 0 amide bonds. The number of carboxylic acid groups (broad SMARTS) is 1. The molecule has 0 saturated carbocycles. The molecule has 0 spiro atoms. The lowest BCUT2D eigenvalue weighted by Crippen LogP contribution is -1.97. The average Bonchev–Trinajstić information content (AvgIpc) is 2.93. The van der Waals surface area contributed by atoms with Crippen molar-refractivity contribution in [2.45, 2.75) is 6.54 Å². The summed E-state index contributed by atoms with van der Waals surface area (Å²) < 4.78 is 2.04. The van der Waals surface area contributed by atoms with Crippen molar-refractivity contribution >= 4 is 17.0 Å². The smallest absolute Gasteiger partial charge is 0.352 e. The van der Waals surface area contributed by atoms with Crippen LogP contribution in [0.25, 0.3) is 11.0 Å². The van der Waals surface area contributed by atoms with E-state index < -0.39 is 5.97 Å². The van der Waals surface area contributed by atoms with Gasteiger partial charge < -0.3 is 14.7 Å². The molecule has 3 rings (SSSR count). The molecule has 0 saturated heterocycles. The van der Waals surface area contributed by atoms with Gasteiger partial charge in [-0.25, -0.2) is 4.79 Å². The van der Waals surface area contributed by atoms with Crippen molar-refractivity contribution in [2.75, 3.05) is 0 Å². The van der Waals surface area contributed by atoms with Gasteiger partial charge in [-0.15, -0.1) is 0 Å². The Morgan fingerprint density at radius 1 is 1.22 bits per heavy atom. The molecule has 0 bridgehead atoms. The normalized spacial score (nSPS) is 10.9. The van der Waals surface area contributed by atoms with Crippen LogP contribution >= 0.6 is 0 Å². The first kappa shape index (κ1) is 10.7. The lowest BCUT2D eigenvalue weighted by molar-refractivity contribution is 0.0691. The second-order valence-electron chi connectivity index (χ2n) is 4.22. The van der Waals surface area contributed by atoms with Crippen molar-refractivity contribution in [1.82, 2.24) is 9.55 Å². The number of aromatic carboxylic acids is 1. The summed E-state index contributed by atoms with van der Waals surface area (Å²) in [4.78, 5) is 13.8. The van der Waals surface area contributed by atoms with Gasteiger partial charge in [0.1, 0.15) is 5.69 Å². The zero-order valence-electron chi connectivity index (χ0n) is 9.63. The van der Waals surface area contributed by atoms with E-state index in [2.05, 4.69) is 17.1 Å². The molecule has 0 atom stereocenters. The number of H-pyrrole nitrogens is 1. The Morgan fingerprint density at radius 3 is 2.72 bits per heavy atom. The Hall–Kier alpha value is -2.49. The van der Waals surface area contributed by atoms with Gasteiger partial charge in [0.05, 0.1) is 11.0 Å². The van der Waals surface area contributed by atoms with Gasteiger partial charge in [-0.05, 0) is 17.7 Å². The van der Waals surface area contributed by atoms with Crippen LogP contribution in [0, 0.1) is 0 Å². The molecule has 2 heterocycles. The first-order chi connectivity index (χ1) is 8.74. The largest absolute Gasteiger partial charge is 0.477 e. The molecule has 90 valence electrons. The number of nitrogens with one attached hydrogen (secondary N) is 1. The minimum Gasteiger partial charge on any atom is -0.477 e. The van der Waals surface area contributed by atoms with E-state index >= 15 is 0 Å². The van der Waals surface area contributed by atoms with Gasteiger partial charge in [-0.2, -0.15) is 0 Å². The highest BCUT2D eigenvalue weighted by atomic mass is 16.4. The number of carboxylic acids is 1. The first-order valence-electron chi connectivity index (χ1n) is 5.69. The van der Waals surface area contributed by atoms with E-state index in [0.717, 1.165) is 17.6 Å². The molecule has 2 aromatic heterocycles. The standard InChI is InChI=1S/C14H12N2O2/c17-14(18)12-8-13-11(15-12)6-7-16(13)9-10-4-2-1-3-5-10/h1-8,15H,9H2,(H,17,18). The highest BCUT2D eigenvalue weighted by molar-refractivity contribution is 5.92. The van der Waals surface area contributed by atoms with Gasteiger partial charge in [0, 0.05) is 12.7 Å². The molecule has 3 aromatic rings. The third kappa shape index (κ3) is 1.78. The molecular formula is C14H12N2O2. The fraction of sp³-hybridized carbons (Fsp3) is 0.0714. The Morgan fingerprint density at radius 2 is 2.00 bits per heavy atom. The molecule has 1 aromatic carbocycles. The summed E-state index contributed by atoms with van der Waals surface area (Å²) in [6.07, 6.45) is 1.96. The van der Waals surface area contributed by atoms with Gasteiger partial charge in [-0.1, -0.05) is 30.3 Å². The number of carbonyl (C=O) groups is 1. The van der Waals surface area contributed by atoms with Crippen LogP contribution in [0.5, 0.6) is 0 Å². The maximum absolute atomic E-state index is 10.9. The van der Waals surface area contributed by atoms with Crippen LogP contribution in [-0.2, 0) is 6.54 Å². The quantitative estimate of drug-likeness (QED) is 0.739. The molecule has 0 unspecified atom stereocenters. The number of hydrogen-bond acceptors (Lipinski definition) is 1. The third-order valence-corrected chi connectivity index (χ3v) is 2.98. The minimum absolute atomic E-state index is 0.224. The fourth-order valence-corrected chi connectivity index (χ4v) is 2.10. The molecular weight excluding hydrogens is 228 g/mol. The Bertz CT molecular complexity index is 695. The number of hydrogen-bond donors (Lipinski definition) is 2. The maximum atomic E-state index is 10.9. The summed E-state index contributed by atoms with van der Waals surface area (Å²) in [5.41, 5.74) is 3.18. The van der Waals surface area contributed by atoms with Crippen LogP contribution in [0.2, 0.25) is 0 Å². The topological polar surface area (TPSA) is 58.0 Å². The van der Waals surface area contributed by atoms with E-state index in [1.165, 1.54) is 5.56 Å². The van der Waals surface area contributed by atoms with Gasteiger partial charge in [0.2, 0.25) is 0 Å². The fourth-order valence-electron chi connectivity index (χ4n) is 2.10. The van der Waals surface area contributed by atoms with Crippen molar-refractivity contribution in [2.24, 2.45) is 0 Å². The molecule has 4 heteroatoms. The molecule has 0 aliphatic rings. The second-order valence-corrected chi connectivity index (χ2v) is 4.22. The zero-order chi connectivity index (χ0) is 12.5. The molecule has 0 aliphatic heterocycles. The lowest BCUT2D eigenvalue weighted by Gasteiger charge is -2.03. The Labute approximate surface area is 103 Å². The van der Waals surface area contributed by atoms with Crippen molar-refractivity contribution in [3.8, 4) is 0 Å². The van der Waals surface area contributed by atoms with E-state index in [9.17, 15) is 4.79 Å². The van der Waals surface area contributed by atoms with E-state index in [1.54, 1.807) is 6.07 Å². The van der Waals surface area contributed by atoms with Crippen molar-refractivity contribution in [1.29, 1.82) is 0 Å². The molecule has 0 radical (unpaired) electrons. The SMILES string of the molecule is O=C(O)c1cc2c(ccn2Cc2ccccc2)[nH]1. The van der Waals surface area contributed by atoms with Crippen LogP contribution < -0.4 is 0 Å². The van der Waals surface area contributed by atoms with E-state index in [1.807, 2.05) is 35.0 Å². The summed E-state index contributed by atoms with van der Waals surface area (Å²) in [5, 5.41) is 8.94. The monoisotopic (exact) mass is 240 g/mol. The van der Waals surface area contributed by atoms with Gasteiger partial charge in [0.15, 0.2) is 0 Å². The number of fused-ring (bicyclic) bond motifs is 1. The van der Waals surface area contributed by atoms with Crippen molar-refractivity contribution < 1.29 is 9.90 Å². The third-order valence-electron chi connectivity index (χ3n) is 2.98. The predicted octanol–water partition coefficient (Wildman–Crippen LogP) is 2.72. The maximum Gasteiger partial charge on any atom is 0.352 e. The van der Waals surface area contributed by atoms with Crippen LogP contribution in [0.15, 0.2) is 48.7 Å². The average molecular weight is 240 g/mol. The van der Waals surface area contributed by atoms with Crippen LogP contribution in [0.1, 0.15) is 16.1 Å². The van der Waals surface area contributed by atoms with E-state index in [4.69, 9.17) is 5.11 Å². The van der Waals surface area contributed by atoms with Crippen LogP contribution in [0.3, 0.4) is 0 Å². The molecule has 4 nitrogen and oxygen atoms in total. The van der Waals surface area contributed by atoms with Crippen molar-refractivity contribution in [3.05, 3.63) is 59.9 Å². The van der Waals surface area contributed by atoms with Gasteiger partial charge in [0.25, 0.3) is 0 Å². The Kier molecular flexibility index (Phi) is 2.41. The number of nitrogens with zero attached hydrogens (tertiary/aromatic N) is 1. The van der Waals surface area contributed by atoms with Crippen LogP contribution in [0.4, 0.5) is 0 Å². The molecule has 18 heavy (non-hydrogen) atoms. The highest BCUT2D eigenvalue weighted by Crippen LogP contribution is 2.18. The lowest BCUT2D eigenvalue weighted by atomic mass is 10.2. The zero-order valence-corrected chi connectivity index (χ0v) is 9.63. The van der Waals surface area contributed by atoms with E-state index in [0.29, 0.717) is 0 Å². The number of aromatic amines is 1. The van der Waals surface area contributed by atoms with Gasteiger partial charge in [-0.3, -0.25) is 0 Å².